The molecule has 2 aliphatic rings. The van der Waals surface area contributed by atoms with E-state index in [0.29, 0.717) is 10.5 Å². The molecule has 1 N–H and O–H groups in total. The van der Waals surface area contributed by atoms with Gasteiger partial charge in [0, 0.05) is 17.5 Å². The maximum absolute atomic E-state index is 13.1. The van der Waals surface area contributed by atoms with Crippen LogP contribution in [-0.2, 0) is 11.2 Å². The minimum atomic E-state index is -0.105. The highest BCUT2D eigenvalue weighted by atomic mass is 32.2. The Labute approximate surface area is 198 Å². The van der Waals surface area contributed by atoms with Gasteiger partial charge in [-0.2, -0.15) is 0 Å². The number of nitrogens with one attached hydrogen (secondary N) is 1. The molecule has 5 rings (SSSR count). The summed E-state index contributed by atoms with van der Waals surface area (Å²) >= 11 is 1.45. The van der Waals surface area contributed by atoms with E-state index < -0.39 is 0 Å². The summed E-state index contributed by atoms with van der Waals surface area (Å²) in [6.45, 7) is 2.04. The van der Waals surface area contributed by atoms with Crippen molar-refractivity contribution in [1.29, 1.82) is 0 Å². The fourth-order valence-electron chi connectivity index (χ4n) is 4.59. The molecule has 3 aromatic rings. The predicted molar refractivity (Wildman–Crippen MR) is 134 cm³/mol. The Morgan fingerprint density at radius 3 is 2.79 bits per heavy atom. The number of hydrogen-bond donors (Lipinski definition) is 1. The Balaban J connectivity index is 1.38. The lowest BCUT2D eigenvalue weighted by Gasteiger charge is -2.28. The Kier molecular flexibility index (Phi) is 5.81. The maximum Gasteiger partial charge on any atom is 0.264 e. The minimum Gasteiger partial charge on any atom is -0.345 e. The molecule has 1 aliphatic carbocycles. The molecule has 0 saturated carbocycles. The molecule has 3 aromatic carbocycles. The molecular formula is C28H26N2O2S. The van der Waals surface area contributed by atoms with Crippen molar-refractivity contribution in [3.63, 3.8) is 0 Å². The first kappa shape index (κ1) is 21.5. The molecule has 0 aromatic heterocycles. The topological polar surface area (TPSA) is 49.4 Å². The molecule has 1 aliphatic heterocycles. The van der Waals surface area contributed by atoms with E-state index in [4.69, 9.17) is 0 Å². The summed E-state index contributed by atoms with van der Waals surface area (Å²) in [5, 5.41) is 3.21. The van der Waals surface area contributed by atoms with Gasteiger partial charge in [-0.15, -0.1) is 0 Å². The van der Waals surface area contributed by atoms with Gasteiger partial charge in [0.25, 0.3) is 11.8 Å². The lowest BCUT2D eigenvalue weighted by Crippen LogP contribution is -2.32. The smallest absolute Gasteiger partial charge is 0.264 e. The standard InChI is InChI=1S/C28H26N2O2S/c1-18-7-5-8-19(15-18)16-26-28(32)30(2)24-17-21(13-14-25(24)33-26)27(31)29-23-12-6-10-20-9-3-4-11-22(20)23/h3-5,7-9,11,13-17,23H,6,10,12H2,1-2H3,(H,29,31)/b26-16-. The van der Waals surface area contributed by atoms with Crippen LogP contribution >= 0.6 is 11.8 Å². The van der Waals surface area contributed by atoms with Crippen LogP contribution < -0.4 is 10.2 Å². The molecule has 1 unspecified atom stereocenters. The monoisotopic (exact) mass is 454 g/mol. The van der Waals surface area contributed by atoms with E-state index in [0.717, 1.165) is 41.0 Å². The number of amides is 2. The van der Waals surface area contributed by atoms with Gasteiger partial charge in [0.2, 0.25) is 0 Å². The summed E-state index contributed by atoms with van der Waals surface area (Å²) < 4.78 is 0. The Morgan fingerprint density at radius 1 is 1.09 bits per heavy atom. The molecule has 4 nitrogen and oxygen atoms in total. The number of likely N-dealkylation sites (N-methyl/N-ethyl adjacent to an activating group) is 1. The summed E-state index contributed by atoms with van der Waals surface area (Å²) in [4.78, 5) is 29.4. The summed E-state index contributed by atoms with van der Waals surface area (Å²) in [6, 6.07) is 22.1. The number of benzene rings is 3. The number of hydrogen-bond acceptors (Lipinski definition) is 3. The lowest BCUT2D eigenvalue weighted by molar-refractivity contribution is -0.114. The largest absolute Gasteiger partial charge is 0.345 e. The first-order chi connectivity index (χ1) is 16.0. The van der Waals surface area contributed by atoms with Crippen molar-refractivity contribution in [2.75, 3.05) is 11.9 Å². The number of rotatable bonds is 3. The van der Waals surface area contributed by atoms with Crippen molar-refractivity contribution < 1.29 is 9.59 Å². The molecule has 0 fully saturated rings. The SMILES string of the molecule is Cc1cccc(/C=C2\Sc3ccc(C(=O)NC4CCCc5ccccc54)cc3N(C)C2=O)c1. The molecule has 166 valence electrons. The molecule has 2 amide bonds. The first-order valence-electron chi connectivity index (χ1n) is 11.3. The average molecular weight is 455 g/mol. The number of carbonyl (C=O) groups excluding carboxylic acids is 2. The quantitative estimate of drug-likeness (QED) is 0.501. The van der Waals surface area contributed by atoms with Crippen molar-refractivity contribution >= 4 is 35.3 Å². The van der Waals surface area contributed by atoms with Crippen LogP contribution in [0.3, 0.4) is 0 Å². The van der Waals surface area contributed by atoms with Gasteiger partial charge in [0.15, 0.2) is 0 Å². The van der Waals surface area contributed by atoms with Gasteiger partial charge in [0.05, 0.1) is 16.6 Å². The van der Waals surface area contributed by atoms with Crippen molar-refractivity contribution in [1.82, 2.24) is 5.32 Å². The van der Waals surface area contributed by atoms with E-state index in [9.17, 15) is 9.59 Å². The maximum atomic E-state index is 13.1. The molecule has 0 saturated heterocycles. The van der Waals surface area contributed by atoms with Crippen LogP contribution in [0, 0.1) is 6.92 Å². The molecule has 33 heavy (non-hydrogen) atoms. The number of fused-ring (bicyclic) bond motifs is 2. The molecule has 0 bridgehead atoms. The van der Waals surface area contributed by atoms with Gasteiger partial charge in [-0.3, -0.25) is 9.59 Å². The Bertz CT molecular complexity index is 1280. The van der Waals surface area contributed by atoms with Crippen molar-refractivity contribution in [3.8, 4) is 0 Å². The number of carbonyl (C=O) groups is 2. The summed E-state index contributed by atoms with van der Waals surface area (Å²) in [6.07, 6.45) is 5.00. The van der Waals surface area contributed by atoms with Crippen molar-refractivity contribution in [2.45, 2.75) is 37.1 Å². The Hall–Kier alpha value is -3.31. The van der Waals surface area contributed by atoms with E-state index in [2.05, 4.69) is 29.6 Å². The van der Waals surface area contributed by atoms with E-state index in [1.165, 1.54) is 22.9 Å². The first-order valence-corrected chi connectivity index (χ1v) is 12.1. The normalized spacial score (nSPS) is 18.6. The van der Waals surface area contributed by atoms with Gasteiger partial charge in [-0.05, 0) is 67.2 Å². The zero-order chi connectivity index (χ0) is 22.9. The van der Waals surface area contributed by atoms with Crippen molar-refractivity contribution in [3.05, 3.63) is 99.5 Å². The van der Waals surface area contributed by atoms with Crippen molar-refractivity contribution in [2.24, 2.45) is 0 Å². The highest BCUT2D eigenvalue weighted by molar-refractivity contribution is 8.04. The second kappa shape index (κ2) is 8.91. The summed E-state index contributed by atoms with van der Waals surface area (Å²) in [5.74, 6) is -0.167. The third-order valence-corrected chi connectivity index (χ3v) is 7.41. The summed E-state index contributed by atoms with van der Waals surface area (Å²) in [5.41, 5.74) is 6.03. The van der Waals surface area contributed by atoms with E-state index >= 15 is 0 Å². The van der Waals surface area contributed by atoms with E-state index in [1.807, 2.05) is 55.5 Å². The van der Waals surface area contributed by atoms with Gasteiger partial charge in [-0.1, -0.05) is 65.9 Å². The van der Waals surface area contributed by atoms with Gasteiger partial charge in [-0.25, -0.2) is 0 Å². The highest BCUT2D eigenvalue weighted by Crippen LogP contribution is 2.42. The van der Waals surface area contributed by atoms with E-state index in [1.54, 1.807) is 11.9 Å². The third kappa shape index (κ3) is 4.33. The number of nitrogens with zero attached hydrogens (tertiary/aromatic N) is 1. The molecule has 1 heterocycles. The third-order valence-electron chi connectivity index (χ3n) is 6.33. The molecule has 0 radical (unpaired) electrons. The van der Waals surface area contributed by atoms with Gasteiger partial charge >= 0.3 is 0 Å². The Morgan fingerprint density at radius 2 is 1.94 bits per heavy atom. The van der Waals surface area contributed by atoms with Crippen LogP contribution in [0.25, 0.3) is 6.08 Å². The minimum absolute atomic E-state index is 0.0242. The van der Waals surface area contributed by atoms with E-state index in [-0.39, 0.29) is 17.9 Å². The summed E-state index contributed by atoms with van der Waals surface area (Å²) in [7, 11) is 1.77. The van der Waals surface area contributed by atoms with Crippen LogP contribution in [0.5, 0.6) is 0 Å². The van der Waals surface area contributed by atoms with Crippen LogP contribution in [0.4, 0.5) is 5.69 Å². The molecule has 5 heteroatoms. The molecule has 0 spiro atoms. The fourth-order valence-corrected chi connectivity index (χ4v) is 5.68. The number of thioether (sulfide) groups is 1. The number of aryl methyl sites for hydroxylation is 2. The fraction of sp³-hybridized carbons (Fsp3) is 0.214. The van der Waals surface area contributed by atoms with Gasteiger partial charge < -0.3 is 10.2 Å². The van der Waals surface area contributed by atoms with Crippen LogP contribution in [0.2, 0.25) is 0 Å². The zero-order valence-corrected chi connectivity index (χ0v) is 19.6. The second-order valence-electron chi connectivity index (χ2n) is 8.69. The lowest BCUT2D eigenvalue weighted by atomic mass is 9.87. The van der Waals surface area contributed by atoms with Gasteiger partial charge in [0.1, 0.15) is 0 Å². The predicted octanol–water partition coefficient (Wildman–Crippen LogP) is 5.91. The van der Waals surface area contributed by atoms with Crippen LogP contribution in [-0.4, -0.2) is 18.9 Å². The number of anilines is 1. The zero-order valence-electron chi connectivity index (χ0n) is 18.8. The van der Waals surface area contributed by atoms with Crippen LogP contribution in [0.15, 0.2) is 76.5 Å². The molecular weight excluding hydrogens is 428 g/mol. The highest BCUT2D eigenvalue weighted by Gasteiger charge is 2.28. The molecule has 1 atom stereocenters. The average Bonchev–Trinajstić information content (AvgIpc) is 2.82. The van der Waals surface area contributed by atoms with Crippen LogP contribution in [0.1, 0.15) is 51.5 Å². The second-order valence-corrected chi connectivity index (χ2v) is 9.77.